The van der Waals surface area contributed by atoms with Crippen LogP contribution in [0.15, 0.2) is 115 Å². The number of para-hydroxylation sites is 1. The molecule has 0 fully saturated rings. The zero-order chi connectivity index (χ0) is 29.1. The van der Waals surface area contributed by atoms with Gasteiger partial charge in [-0.25, -0.2) is 9.97 Å². The first-order valence-electron chi connectivity index (χ1n) is 15.1. The Morgan fingerprint density at radius 1 is 0.512 bits per heavy atom. The van der Waals surface area contributed by atoms with Crippen LogP contribution in [0, 0.1) is 0 Å². The highest BCUT2D eigenvalue weighted by Gasteiger charge is 2.41. The molecule has 2 heterocycles. The fourth-order valence-corrected chi connectivity index (χ4v) is 7.86. The van der Waals surface area contributed by atoms with E-state index in [1.807, 2.05) is 6.07 Å². The first kappa shape index (κ1) is 24.6. The molecule has 7 aromatic rings. The summed E-state index contributed by atoms with van der Waals surface area (Å²) < 4.78 is 2.42. The predicted octanol–water partition coefficient (Wildman–Crippen LogP) is 9.85. The highest BCUT2D eigenvalue weighted by molar-refractivity contribution is 6.11. The summed E-state index contributed by atoms with van der Waals surface area (Å²) in [4.78, 5) is 10.7. The Morgan fingerprint density at radius 2 is 1.16 bits per heavy atom. The van der Waals surface area contributed by atoms with Crippen molar-refractivity contribution in [2.24, 2.45) is 0 Å². The van der Waals surface area contributed by atoms with Crippen LogP contribution in [0.2, 0.25) is 0 Å². The molecule has 2 aliphatic carbocycles. The minimum atomic E-state index is -0.264. The zero-order valence-corrected chi connectivity index (χ0v) is 24.8. The topological polar surface area (TPSA) is 30.7 Å². The van der Waals surface area contributed by atoms with Gasteiger partial charge in [-0.05, 0) is 46.0 Å². The number of aromatic nitrogens is 3. The molecule has 3 nitrogen and oxygen atoms in total. The van der Waals surface area contributed by atoms with Crippen molar-refractivity contribution in [1.29, 1.82) is 0 Å². The summed E-state index contributed by atoms with van der Waals surface area (Å²) in [7, 11) is 0. The number of fused-ring (bicyclic) bond motifs is 9. The molecule has 9 rings (SSSR count). The van der Waals surface area contributed by atoms with Crippen molar-refractivity contribution in [3.8, 4) is 39.6 Å². The SMILES string of the molecule is CC1(C)c2ccccc2-c2cc3c(cc21)c1ccccc1n3-c1nc(-c2ccccc2)nc2c1C(C)(C)c1ccccc1-2. The van der Waals surface area contributed by atoms with Crippen LogP contribution >= 0.6 is 0 Å². The third kappa shape index (κ3) is 3.14. The smallest absolute Gasteiger partial charge is 0.162 e. The third-order valence-electron chi connectivity index (χ3n) is 9.99. The lowest BCUT2D eigenvalue weighted by Gasteiger charge is -2.24. The minimum Gasteiger partial charge on any atom is -0.293 e. The van der Waals surface area contributed by atoms with Gasteiger partial charge in [-0.15, -0.1) is 0 Å². The Bertz CT molecular complexity index is 2290. The van der Waals surface area contributed by atoms with Crippen molar-refractivity contribution in [2.45, 2.75) is 38.5 Å². The number of nitrogens with zero attached hydrogens (tertiary/aromatic N) is 3. The van der Waals surface area contributed by atoms with Gasteiger partial charge in [0.2, 0.25) is 0 Å². The molecule has 2 aliphatic rings. The van der Waals surface area contributed by atoms with Crippen LogP contribution in [0.4, 0.5) is 0 Å². The van der Waals surface area contributed by atoms with Crippen molar-refractivity contribution in [3.05, 3.63) is 138 Å². The van der Waals surface area contributed by atoms with E-state index in [-0.39, 0.29) is 10.8 Å². The number of rotatable bonds is 2. The summed E-state index contributed by atoms with van der Waals surface area (Å²) in [5, 5.41) is 2.51. The van der Waals surface area contributed by atoms with Gasteiger partial charge >= 0.3 is 0 Å². The van der Waals surface area contributed by atoms with Gasteiger partial charge in [0.05, 0.1) is 16.7 Å². The van der Waals surface area contributed by atoms with Crippen molar-refractivity contribution in [1.82, 2.24) is 14.5 Å². The van der Waals surface area contributed by atoms with Crippen LogP contribution in [0.1, 0.15) is 49.9 Å². The fraction of sp³-hybridized carbons (Fsp3) is 0.150. The summed E-state index contributed by atoms with van der Waals surface area (Å²) in [5.41, 5.74) is 13.1. The molecule has 0 atom stereocenters. The summed E-state index contributed by atoms with van der Waals surface area (Å²) in [6, 6.07) is 41.7. The first-order valence-corrected chi connectivity index (χ1v) is 15.1. The van der Waals surface area contributed by atoms with E-state index in [0.29, 0.717) is 0 Å². The predicted molar refractivity (Wildman–Crippen MR) is 177 cm³/mol. The van der Waals surface area contributed by atoms with Gasteiger partial charge < -0.3 is 0 Å². The van der Waals surface area contributed by atoms with Crippen molar-refractivity contribution >= 4 is 21.8 Å². The molecule has 0 radical (unpaired) electrons. The van der Waals surface area contributed by atoms with Crippen LogP contribution in [0.5, 0.6) is 0 Å². The summed E-state index contributed by atoms with van der Waals surface area (Å²) >= 11 is 0. The van der Waals surface area contributed by atoms with Crippen LogP contribution in [-0.4, -0.2) is 14.5 Å². The molecule has 3 heteroatoms. The fourth-order valence-electron chi connectivity index (χ4n) is 7.86. The molecular formula is C40H31N3. The summed E-state index contributed by atoms with van der Waals surface area (Å²) in [6.07, 6.45) is 0. The Kier molecular flexibility index (Phi) is 4.74. The standard InChI is InChI=1S/C40H31N3/c1-39(2)30-19-11-8-16-25(30)28-23-34-29(22-32(28)39)26-17-10-13-21-33(26)43(34)38-35-36(27-18-9-12-20-31(27)40(35,3)4)41-37(42-38)24-14-6-5-7-15-24/h5-23H,1-4H3. The van der Waals surface area contributed by atoms with E-state index in [0.717, 1.165) is 22.9 Å². The van der Waals surface area contributed by atoms with Crippen molar-refractivity contribution in [2.75, 3.05) is 0 Å². The maximum Gasteiger partial charge on any atom is 0.162 e. The molecule has 0 saturated heterocycles. The van der Waals surface area contributed by atoms with Gasteiger partial charge in [0.1, 0.15) is 5.82 Å². The molecule has 5 aromatic carbocycles. The van der Waals surface area contributed by atoms with Crippen LogP contribution in [-0.2, 0) is 10.8 Å². The van der Waals surface area contributed by atoms with Crippen LogP contribution < -0.4 is 0 Å². The van der Waals surface area contributed by atoms with Gasteiger partial charge in [0.15, 0.2) is 5.82 Å². The molecular weight excluding hydrogens is 522 g/mol. The lowest BCUT2D eigenvalue weighted by Crippen LogP contribution is -2.19. The summed E-state index contributed by atoms with van der Waals surface area (Å²) in [5.74, 6) is 1.71. The number of hydrogen-bond acceptors (Lipinski definition) is 2. The lowest BCUT2D eigenvalue weighted by atomic mass is 9.82. The molecule has 0 unspecified atom stereocenters. The largest absolute Gasteiger partial charge is 0.293 e. The molecule has 206 valence electrons. The quantitative estimate of drug-likeness (QED) is 0.213. The van der Waals surface area contributed by atoms with E-state index >= 15 is 0 Å². The van der Waals surface area contributed by atoms with E-state index in [1.165, 1.54) is 60.8 Å². The molecule has 0 bridgehead atoms. The average Bonchev–Trinajstić information content (AvgIpc) is 3.57. The van der Waals surface area contributed by atoms with Crippen molar-refractivity contribution < 1.29 is 0 Å². The Hall–Kier alpha value is -5.02. The zero-order valence-electron chi connectivity index (χ0n) is 24.8. The molecule has 0 amide bonds. The monoisotopic (exact) mass is 553 g/mol. The summed E-state index contributed by atoms with van der Waals surface area (Å²) in [6.45, 7) is 9.34. The second kappa shape index (κ2) is 8.29. The highest BCUT2D eigenvalue weighted by atomic mass is 15.1. The number of benzene rings is 5. The van der Waals surface area contributed by atoms with Gasteiger partial charge in [-0.2, -0.15) is 0 Å². The number of hydrogen-bond donors (Lipinski definition) is 0. The minimum absolute atomic E-state index is 0.0659. The molecule has 0 aliphatic heterocycles. The average molecular weight is 554 g/mol. The Labute approximate surface area is 251 Å². The maximum atomic E-state index is 5.45. The normalized spacial score (nSPS) is 15.3. The van der Waals surface area contributed by atoms with Gasteiger partial charge in [-0.1, -0.05) is 125 Å². The van der Waals surface area contributed by atoms with E-state index in [4.69, 9.17) is 9.97 Å². The second-order valence-electron chi connectivity index (χ2n) is 13.1. The van der Waals surface area contributed by atoms with E-state index < -0.39 is 0 Å². The van der Waals surface area contributed by atoms with E-state index in [1.54, 1.807) is 0 Å². The molecule has 0 saturated carbocycles. The highest BCUT2D eigenvalue weighted by Crippen LogP contribution is 2.53. The molecule has 2 aromatic heterocycles. The molecule has 0 N–H and O–H groups in total. The molecule has 0 spiro atoms. The first-order chi connectivity index (χ1) is 20.9. The van der Waals surface area contributed by atoms with Crippen LogP contribution in [0.3, 0.4) is 0 Å². The second-order valence-corrected chi connectivity index (χ2v) is 13.1. The van der Waals surface area contributed by atoms with E-state index in [9.17, 15) is 0 Å². The van der Waals surface area contributed by atoms with E-state index in [2.05, 4.69) is 141 Å². The third-order valence-corrected chi connectivity index (χ3v) is 9.99. The van der Waals surface area contributed by atoms with Gasteiger partial charge in [-0.3, -0.25) is 4.57 Å². The van der Waals surface area contributed by atoms with Crippen LogP contribution in [0.25, 0.3) is 61.4 Å². The van der Waals surface area contributed by atoms with Gasteiger partial charge in [0, 0.05) is 38.3 Å². The van der Waals surface area contributed by atoms with Crippen molar-refractivity contribution in [3.63, 3.8) is 0 Å². The Morgan fingerprint density at radius 3 is 1.95 bits per heavy atom. The Balaban J connectivity index is 1.45. The molecule has 43 heavy (non-hydrogen) atoms. The maximum absolute atomic E-state index is 5.45. The van der Waals surface area contributed by atoms with Gasteiger partial charge in [0.25, 0.3) is 0 Å². The lowest BCUT2D eigenvalue weighted by molar-refractivity contribution is 0.650.